The minimum atomic E-state index is -4.42. The molecular weight excluding hydrogens is 501 g/mol. The largest absolute Gasteiger partial charge is 0.416 e. The molecule has 0 unspecified atom stereocenters. The molecular formula is C31H29F3N4O. The van der Waals surface area contributed by atoms with Crippen molar-refractivity contribution in [1.29, 1.82) is 0 Å². The number of carbonyl (C=O) groups excluding carboxylic acids is 1. The SMILES string of the molecule is Cc1cccc(C(=O)Nc2ccc(N3CCN(Cc4ccccc4)CC3)nc2)c1-c1ccc(C(F)(F)F)cc1. The fraction of sp³-hybridized carbons (Fsp3) is 0.226. The van der Waals surface area contributed by atoms with Crippen molar-refractivity contribution in [3.05, 3.63) is 113 Å². The Hall–Kier alpha value is -4.17. The van der Waals surface area contributed by atoms with E-state index in [1.165, 1.54) is 17.7 Å². The molecule has 0 aliphatic carbocycles. The molecule has 1 aliphatic rings. The summed E-state index contributed by atoms with van der Waals surface area (Å²) < 4.78 is 39.1. The van der Waals surface area contributed by atoms with Crippen LogP contribution in [0.1, 0.15) is 27.0 Å². The number of anilines is 2. The summed E-state index contributed by atoms with van der Waals surface area (Å²) in [6.45, 7) is 6.38. The maximum absolute atomic E-state index is 13.2. The zero-order chi connectivity index (χ0) is 27.4. The molecule has 5 nitrogen and oxygen atoms in total. The van der Waals surface area contributed by atoms with Crippen molar-refractivity contribution in [3.63, 3.8) is 0 Å². The highest BCUT2D eigenvalue weighted by Crippen LogP contribution is 2.33. The number of aromatic nitrogens is 1. The van der Waals surface area contributed by atoms with Crippen molar-refractivity contribution in [2.24, 2.45) is 0 Å². The molecule has 5 rings (SSSR count). The zero-order valence-electron chi connectivity index (χ0n) is 21.6. The van der Waals surface area contributed by atoms with E-state index in [9.17, 15) is 18.0 Å². The van der Waals surface area contributed by atoms with Gasteiger partial charge in [0.15, 0.2) is 0 Å². The zero-order valence-corrected chi connectivity index (χ0v) is 21.6. The Labute approximate surface area is 225 Å². The van der Waals surface area contributed by atoms with Crippen molar-refractivity contribution < 1.29 is 18.0 Å². The first-order chi connectivity index (χ1) is 18.8. The standard InChI is InChI=1S/C31H29F3N4O/c1-22-6-5-9-27(29(22)24-10-12-25(13-11-24)31(32,33)34)30(39)36-26-14-15-28(35-20-26)38-18-16-37(17-19-38)21-23-7-3-2-4-8-23/h2-15,20H,16-19,21H2,1H3,(H,36,39). The molecule has 200 valence electrons. The van der Waals surface area contributed by atoms with Crippen LogP contribution >= 0.6 is 0 Å². The average Bonchev–Trinajstić information content (AvgIpc) is 2.94. The molecule has 2 heterocycles. The lowest BCUT2D eigenvalue weighted by molar-refractivity contribution is -0.137. The molecule has 1 saturated heterocycles. The maximum atomic E-state index is 13.2. The van der Waals surface area contributed by atoms with Gasteiger partial charge >= 0.3 is 6.18 Å². The molecule has 0 radical (unpaired) electrons. The summed E-state index contributed by atoms with van der Waals surface area (Å²) in [5, 5.41) is 2.89. The van der Waals surface area contributed by atoms with Gasteiger partial charge in [-0.1, -0.05) is 54.6 Å². The number of halogens is 3. The Balaban J connectivity index is 1.24. The van der Waals surface area contributed by atoms with E-state index in [-0.39, 0.29) is 5.91 Å². The van der Waals surface area contributed by atoms with E-state index >= 15 is 0 Å². The molecule has 1 amide bonds. The number of amides is 1. The number of hydrogen-bond donors (Lipinski definition) is 1. The Morgan fingerprint density at radius 3 is 2.23 bits per heavy atom. The minimum absolute atomic E-state index is 0.349. The molecule has 1 fully saturated rings. The monoisotopic (exact) mass is 530 g/mol. The normalized spacial score (nSPS) is 14.3. The highest BCUT2D eigenvalue weighted by atomic mass is 19.4. The van der Waals surface area contributed by atoms with Gasteiger partial charge in [-0.3, -0.25) is 9.69 Å². The van der Waals surface area contributed by atoms with E-state index in [0.717, 1.165) is 56.2 Å². The number of piperazine rings is 1. The third kappa shape index (κ3) is 6.29. The molecule has 1 aromatic heterocycles. The van der Waals surface area contributed by atoms with Gasteiger partial charge < -0.3 is 10.2 Å². The van der Waals surface area contributed by atoms with E-state index in [1.807, 2.05) is 31.2 Å². The Morgan fingerprint density at radius 1 is 0.872 bits per heavy atom. The number of hydrogen-bond acceptors (Lipinski definition) is 4. The van der Waals surface area contributed by atoms with E-state index in [0.29, 0.717) is 22.4 Å². The van der Waals surface area contributed by atoms with Gasteiger partial charge in [-0.2, -0.15) is 13.2 Å². The number of benzene rings is 3. The first-order valence-corrected chi connectivity index (χ1v) is 12.8. The van der Waals surface area contributed by atoms with Crippen LogP contribution in [-0.2, 0) is 12.7 Å². The second-order valence-electron chi connectivity index (χ2n) is 9.68. The summed E-state index contributed by atoms with van der Waals surface area (Å²) in [5.74, 6) is 0.506. The lowest BCUT2D eigenvalue weighted by Gasteiger charge is -2.35. The minimum Gasteiger partial charge on any atom is -0.354 e. The van der Waals surface area contributed by atoms with Crippen molar-refractivity contribution in [1.82, 2.24) is 9.88 Å². The number of nitrogens with zero attached hydrogens (tertiary/aromatic N) is 3. The van der Waals surface area contributed by atoms with Crippen molar-refractivity contribution in [3.8, 4) is 11.1 Å². The van der Waals surface area contributed by atoms with Crippen LogP contribution in [0.15, 0.2) is 91.1 Å². The van der Waals surface area contributed by atoms with Gasteiger partial charge in [-0.15, -0.1) is 0 Å². The maximum Gasteiger partial charge on any atom is 0.416 e. The molecule has 8 heteroatoms. The summed E-state index contributed by atoms with van der Waals surface area (Å²) in [7, 11) is 0. The van der Waals surface area contributed by atoms with Gasteiger partial charge in [-0.05, 0) is 59.5 Å². The number of pyridine rings is 1. The first-order valence-electron chi connectivity index (χ1n) is 12.8. The van der Waals surface area contributed by atoms with E-state index in [4.69, 9.17) is 0 Å². The third-order valence-corrected chi connectivity index (χ3v) is 6.97. The highest BCUT2D eigenvalue weighted by molar-refractivity contribution is 6.09. The molecule has 0 bridgehead atoms. The van der Waals surface area contributed by atoms with E-state index in [2.05, 4.69) is 44.4 Å². The summed E-state index contributed by atoms with van der Waals surface area (Å²) in [6.07, 6.45) is -2.78. The lowest BCUT2D eigenvalue weighted by atomic mass is 9.94. The second-order valence-corrected chi connectivity index (χ2v) is 9.68. The van der Waals surface area contributed by atoms with Crippen molar-refractivity contribution in [2.75, 3.05) is 36.4 Å². The number of carbonyl (C=O) groups is 1. The lowest BCUT2D eigenvalue weighted by Crippen LogP contribution is -2.46. The second kappa shape index (κ2) is 11.3. The van der Waals surface area contributed by atoms with Crippen LogP contribution in [0, 0.1) is 6.92 Å². The number of rotatable bonds is 6. The van der Waals surface area contributed by atoms with Crippen LogP contribution in [0.25, 0.3) is 11.1 Å². The predicted molar refractivity (Wildman–Crippen MR) is 148 cm³/mol. The van der Waals surface area contributed by atoms with Crippen LogP contribution in [0.2, 0.25) is 0 Å². The van der Waals surface area contributed by atoms with Gasteiger partial charge in [0.2, 0.25) is 0 Å². The van der Waals surface area contributed by atoms with E-state index in [1.54, 1.807) is 18.3 Å². The number of alkyl halides is 3. The Bertz CT molecular complexity index is 1410. The Kier molecular flexibility index (Phi) is 7.65. The van der Waals surface area contributed by atoms with Crippen LogP contribution in [0.5, 0.6) is 0 Å². The van der Waals surface area contributed by atoms with Crippen molar-refractivity contribution >= 4 is 17.4 Å². The molecule has 0 spiro atoms. The third-order valence-electron chi connectivity index (χ3n) is 6.97. The number of nitrogens with one attached hydrogen (secondary N) is 1. The van der Waals surface area contributed by atoms with Gasteiger partial charge in [0.1, 0.15) is 5.82 Å². The van der Waals surface area contributed by atoms with Crippen LogP contribution in [0.4, 0.5) is 24.7 Å². The predicted octanol–water partition coefficient (Wildman–Crippen LogP) is 6.65. The molecule has 1 aliphatic heterocycles. The van der Waals surface area contributed by atoms with Gasteiger partial charge in [0.05, 0.1) is 17.4 Å². The summed E-state index contributed by atoms with van der Waals surface area (Å²) in [5.41, 5.74) is 3.45. The quantitative estimate of drug-likeness (QED) is 0.303. The Morgan fingerprint density at radius 2 is 1.59 bits per heavy atom. The number of aryl methyl sites for hydroxylation is 1. The van der Waals surface area contributed by atoms with Gasteiger partial charge in [0, 0.05) is 38.3 Å². The van der Waals surface area contributed by atoms with Crippen LogP contribution < -0.4 is 10.2 Å². The highest BCUT2D eigenvalue weighted by Gasteiger charge is 2.30. The topological polar surface area (TPSA) is 48.5 Å². The van der Waals surface area contributed by atoms with Crippen molar-refractivity contribution in [2.45, 2.75) is 19.6 Å². The van der Waals surface area contributed by atoms with Gasteiger partial charge in [-0.25, -0.2) is 4.98 Å². The van der Waals surface area contributed by atoms with Crippen LogP contribution in [0.3, 0.4) is 0 Å². The summed E-state index contributed by atoms with van der Waals surface area (Å²) in [6, 6.07) is 24.3. The molecule has 4 aromatic rings. The summed E-state index contributed by atoms with van der Waals surface area (Å²) >= 11 is 0. The van der Waals surface area contributed by atoms with Crippen LogP contribution in [-0.4, -0.2) is 42.0 Å². The fourth-order valence-corrected chi connectivity index (χ4v) is 4.89. The molecule has 1 N–H and O–H groups in total. The molecule has 0 saturated carbocycles. The molecule has 39 heavy (non-hydrogen) atoms. The van der Waals surface area contributed by atoms with Gasteiger partial charge in [0.25, 0.3) is 5.91 Å². The molecule has 3 aromatic carbocycles. The first kappa shape index (κ1) is 26.4. The smallest absolute Gasteiger partial charge is 0.354 e. The fourth-order valence-electron chi connectivity index (χ4n) is 4.89. The summed E-state index contributed by atoms with van der Waals surface area (Å²) in [4.78, 5) is 22.5. The van der Waals surface area contributed by atoms with E-state index < -0.39 is 11.7 Å². The molecule has 0 atom stereocenters. The average molecular weight is 531 g/mol.